The third-order valence-electron chi connectivity index (χ3n) is 2.10. The molecule has 1 N–H and O–H groups in total. The van der Waals surface area contributed by atoms with Gasteiger partial charge in [0, 0.05) is 19.8 Å². The molecule has 1 aromatic rings. The molecule has 0 saturated heterocycles. The van der Waals surface area contributed by atoms with E-state index in [1.807, 2.05) is 6.92 Å². The molecule has 0 bridgehead atoms. The molecule has 1 rings (SSSR count). The smallest absolute Gasteiger partial charge is 0.239 e. The van der Waals surface area contributed by atoms with E-state index in [9.17, 15) is 9.18 Å². The Morgan fingerprint density at radius 3 is 2.94 bits per heavy atom. The van der Waals surface area contributed by atoms with Crippen LogP contribution in [0, 0.1) is 5.82 Å². The van der Waals surface area contributed by atoms with Gasteiger partial charge in [0.1, 0.15) is 0 Å². The molecule has 0 atom stereocenters. The Morgan fingerprint density at radius 1 is 1.65 bits per heavy atom. The normalized spacial score (nSPS) is 10.1. The van der Waals surface area contributed by atoms with Crippen LogP contribution < -0.4 is 10.2 Å². The van der Waals surface area contributed by atoms with Crippen LogP contribution in [0.3, 0.4) is 0 Å². The lowest BCUT2D eigenvalue weighted by molar-refractivity contribution is -0.119. The highest BCUT2D eigenvalue weighted by Gasteiger charge is 2.12. The maximum Gasteiger partial charge on any atom is 0.239 e. The minimum atomic E-state index is -0.539. The number of aromatic nitrogens is 1. The Morgan fingerprint density at radius 2 is 2.35 bits per heavy atom. The van der Waals surface area contributed by atoms with Crippen LogP contribution in [0.1, 0.15) is 13.3 Å². The lowest BCUT2D eigenvalue weighted by Crippen LogP contribution is -2.36. The fourth-order valence-electron chi connectivity index (χ4n) is 1.30. The number of pyridine rings is 1. The number of carbonyl (C=O) groups excluding carboxylic acids is 1. The van der Waals surface area contributed by atoms with Gasteiger partial charge in [0.25, 0.3) is 0 Å². The van der Waals surface area contributed by atoms with E-state index in [2.05, 4.69) is 10.3 Å². The van der Waals surface area contributed by atoms with Crippen molar-refractivity contribution in [3.05, 3.63) is 23.1 Å². The van der Waals surface area contributed by atoms with Crippen LogP contribution in [0.2, 0.25) is 5.02 Å². The van der Waals surface area contributed by atoms with Crippen molar-refractivity contribution in [3.8, 4) is 0 Å². The maximum atomic E-state index is 13.5. The summed E-state index contributed by atoms with van der Waals surface area (Å²) in [6, 6.07) is 1.17. The molecule has 0 unspecified atom stereocenters. The fraction of sp³-hybridized carbons (Fsp3) is 0.455. The van der Waals surface area contributed by atoms with Crippen molar-refractivity contribution in [1.82, 2.24) is 10.3 Å². The highest BCUT2D eigenvalue weighted by Crippen LogP contribution is 2.18. The summed E-state index contributed by atoms with van der Waals surface area (Å²) >= 11 is 5.60. The fourth-order valence-corrected chi connectivity index (χ4v) is 1.44. The van der Waals surface area contributed by atoms with Crippen LogP contribution >= 0.6 is 11.6 Å². The molecular weight excluding hydrogens is 245 g/mol. The first-order valence-electron chi connectivity index (χ1n) is 5.33. The van der Waals surface area contributed by atoms with Gasteiger partial charge in [-0.15, -0.1) is 0 Å². The lowest BCUT2D eigenvalue weighted by Gasteiger charge is -2.18. The van der Waals surface area contributed by atoms with Gasteiger partial charge in [0.05, 0.1) is 11.6 Å². The summed E-state index contributed by atoms with van der Waals surface area (Å²) in [4.78, 5) is 16.7. The topological polar surface area (TPSA) is 45.2 Å². The molecule has 17 heavy (non-hydrogen) atoms. The molecule has 0 saturated carbocycles. The first kappa shape index (κ1) is 13.7. The largest absolute Gasteiger partial charge is 0.355 e. The molecule has 0 fully saturated rings. The number of likely N-dealkylation sites (N-methyl/N-ethyl adjacent to an activating group) is 1. The maximum absolute atomic E-state index is 13.5. The zero-order chi connectivity index (χ0) is 12.8. The molecular formula is C11H15ClFN3O. The van der Waals surface area contributed by atoms with Crippen LogP contribution in [0.25, 0.3) is 0 Å². The zero-order valence-corrected chi connectivity index (χ0v) is 10.6. The van der Waals surface area contributed by atoms with Crippen molar-refractivity contribution < 1.29 is 9.18 Å². The van der Waals surface area contributed by atoms with E-state index in [0.717, 1.165) is 6.42 Å². The number of rotatable bonds is 5. The highest BCUT2D eigenvalue weighted by atomic mass is 35.5. The van der Waals surface area contributed by atoms with Gasteiger partial charge >= 0.3 is 0 Å². The van der Waals surface area contributed by atoms with Gasteiger partial charge in [-0.3, -0.25) is 4.79 Å². The van der Waals surface area contributed by atoms with Gasteiger partial charge in [0.15, 0.2) is 11.6 Å². The molecule has 94 valence electrons. The summed E-state index contributed by atoms with van der Waals surface area (Å²) in [5, 5.41) is 2.94. The van der Waals surface area contributed by atoms with Gasteiger partial charge < -0.3 is 10.2 Å². The van der Waals surface area contributed by atoms with Gasteiger partial charge in [-0.1, -0.05) is 18.5 Å². The molecule has 1 amide bonds. The second kappa shape index (κ2) is 6.39. The van der Waals surface area contributed by atoms with E-state index in [4.69, 9.17) is 11.6 Å². The molecule has 0 aromatic carbocycles. The number of hydrogen-bond acceptors (Lipinski definition) is 3. The van der Waals surface area contributed by atoms with Crippen LogP contribution in [0.15, 0.2) is 12.3 Å². The summed E-state index contributed by atoms with van der Waals surface area (Å²) < 4.78 is 13.5. The molecule has 0 aliphatic carbocycles. The number of hydrogen-bond donors (Lipinski definition) is 1. The number of nitrogens with zero attached hydrogens (tertiary/aromatic N) is 2. The third kappa shape index (κ3) is 4.19. The van der Waals surface area contributed by atoms with E-state index >= 15 is 0 Å². The predicted molar refractivity (Wildman–Crippen MR) is 65.8 cm³/mol. The predicted octanol–water partition coefficient (Wildman–Crippen LogP) is 1.84. The minimum absolute atomic E-state index is 0.0611. The van der Waals surface area contributed by atoms with Gasteiger partial charge in [-0.25, -0.2) is 9.37 Å². The third-order valence-corrected chi connectivity index (χ3v) is 2.31. The number of nitrogens with one attached hydrogen (secondary N) is 1. The SMILES string of the molecule is CCCNC(=O)CN(C)c1ncc(Cl)cc1F. The van der Waals surface area contributed by atoms with Crippen molar-refractivity contribution in [3.63, 3.8) is 0 Å². The summed E-state index contributed by atoms with van der Waals surface area (Å²) in [7, 11) is 1.60. The number of halogens is 2. The Bertz CT molecular complexity index is 400. The first-order valence-corrected chi connectivity index (χ1v) is 5.71. The molecule has 0 spiro atoms. The van der Waals surface area contributed by atoms with Crippen LogP contribution in [0.5, 0.6) is 0 Å². The van der Waals surface area contributed by atoms with Crippen LogP contribution in [-0.2, 0) is 4.79 Å². The second-order valence-electron chi connectivity index (χ2n) is 3.66. The van der Waals surface area contributed by atoms with Gasteiger partial charge in [-0.2, -0.15) is 0 Å². The molecule has 0 aliphatic rings. The van der Waals surface area contributed by atoms with Crippen molar-refractivity contribution in [1.29, 1.82) is 0 Å². The highest BCUT2D eigenvalue weighted by molar-refractivity contribution is 6.30. The van der Waals surface area contributed by atoms with E-state index < -0.39 is 5.82 Å². The van der Waals surface area contributed by atoms with E-state index in [1.54, 1.807) is 7.05 Å². The molecule has 0 radical (unpaired) electrons. The summed E-state index contributed by atoms with van der Waals surface area (Å²) in [5.74, 6) is -0.588. The zero-order valence-electron chi connectivity index (χ0n) is 9.83. The average Bonchev–Trinajstić information content (AvgIpc) is 2.26. The van der Waals surface area contributed by atoms with Crippen molar-refractivity contribution >= 4 is 23.3 Å². The monoisotopic (exact) mass is 259 g/mol. The van der Waals surface area contributed by atoms with E-state index in [1.165, 1.54) is 17.2 Å². The van der Waals surface area contributed by atoms with Crippen LogP contribution in [0.4, 0.5) is 10.2 Å². The second-order valence-corrected chi connectivity index (χ2v) is 4.10. The molecule has 1 heterocycles. The summed E-state index contributed by atoms with van der Waals surface area (Å²) in [6.07, 6.45) is 2.21. The summed E-state index contributed by atoms with van der Waals surface area (Å²) in [6.45, 7) is 2.64. The molecule has 0 aliphatic heterocycles. The van der Waals surface area contributed by atoms with Crippen molar-refractivity contribution in [2.24, 2.45) is 0 Å². The standard InChI is InChI=1S/C11H15ClFN3O/c1-3-4-14-10(17)7-16(2)11-9(13)5-8(12)6-15-11/h5-6H,3-4,7H2,1-2H3,(H,14,17). The minimum Gasteiger partial charge on any atom is -0.355 e. The molecule has 6 heteroatoms. The Balaban J connectivity index is 2.63. The average molecular weight is 260 g/mol. The van der Waals surface area contributed by atoms with Crippen molar-refractivity contribution in [2.45, 2.75) is 13.3 Å². The first-order chi connectivity index (χ1) is 8.04. The number of amides is 1. The lowest BCUT2D eigenvalue weighted by atomic mass is 10.4. The van der Waals surface area contributed by atoms with Crippen molar-refractivity contribution in [2.75, 3.05) is 25.0 Å². The molecule has 1 aromatic heterocycles. The van der Waals surface area contributed by atoms with Crippen LogP contribution in [-0.4, -0.2) is 31.0 Å². The molecule has 4 nitrogen and oxygen atoms in total. The van der Waals surface area contributed by atoms with E-state index in [0.29, 0.717) is 6.54 Å². The Labute approximate surface area is 105 Å². The summed E-state index contributed by atoms with van der Waals surface area (Å²) in [5.41, 5.74) is 0. The number of carbonyl (C=O) groups is 1. The van der Waals surface area contributed by atoms with Gasteiger partial charge in [0.2, 0.25) is 5.91 Å². The Kier molecular flexibility index (Phi) is 5.15. The Hall–Kier alpha value is -1.36. The quantitative estimate of drug-likeness (QED) is 0.878. The van der Waals surface area contributed by atoms with Gasteiger partial charge in [-0.05, 0) is 12.5 Å². The van der Waals surface area contributed by atoms with E-state index in [-0.39, 0.29) is 23.3 Å². The number of anilines is 1.